The highest BCUT2D eigenvalue weighted by molar-refractivity contribution is 6.32. The molecule has 0 unspecified atom stereocenters. The molecule has 0 aromatic heterocycles. The largest absolute Gasteiger partial charge is 0.506 e. The Bertz CT molecular complexity index is 365. The van der Waals surface area contributed by atoms with Crippen LogP contribution in [0.3, 0.4) is 0 Å². The quantitative estimate of drug-likeness (QED) is 0.797. The van der Waals surface area contributed by atoms with Crippen LogP contribution >= 0.6 is 11.6 Å². The predicted octanol–water partition coefficient (Wildman–Crippen LogP) is 2.59. The monoisotopic (exact) mass is 215 g/mol. The highest BCUT2D eigenvalue weighted by Gasteiger charge is 2.31. The van der Waals surface area contributed by atoms with Gasteiger partial charge in [-0.25, -0.2) is 4.39 Å². The van der Waals surface area contributed by atoms with Crippen LogP contribution in [0.1, 0.15) is 24.4 Å². The van der Waals surface area contributed by atoms with Crippen molar-refractivity contribution in [3.8, 4) is 5.75 Å². The molecule has 0 aliphatic heterocycles. The minimum atomic E-state index is -0.459. The Balaban J connectivity index is 2.39. The number of halogens is 2. The molecule has 0 amide bonds. The summed E-state index contributed by atoms with van der Waals surface area (Å²) in [7, 11) is 0. The van der Waals surface area contributed by atoms with Gasteiger partial charge in [-0.3, -0.25) is 0 Å². The van der Waals surface area contributed by atoms with Crippen LogP contribution in [0.5, 0.6) is 5.75 Å². The van der Waals surface area contributed by atoms with Crippen LogP contribution in [0.15, 0.2) is 12.1 Å². The van der Waals surface area contributed by atoms with E-state index in [2.05, 4.69) is 0 Å². The molecule has 0 bridgehead atoms. The van der Waals surface area contributed by atoms with Crippen molar-refractivity contribution in [2.75, 3.05) is 0 Å². The third-order valence-corrected chi connectivity index (χ3v) is 2.83. The highest BCUT2D eigenvalue weighted by atomic mass is 35.5. The molecule has 2 nitrogen and oxygen atoms in total. The number of rotatable bonds is 2. The molecule has 0 spiro atoms. The van der Waals surface area contributed by atoms with Crippen molar-refractivity contribution in [1.82, 2.24) is 0 Å². The van der Waals surface area contributed by atoms with Crippen LogP contribution in [0, 0.1) is 11.7 Å². The Kier molecular flexibility index (Phi) is 2.37. The van der Waals surface area contributed by atoms with Crippen molar-refractivity contribution >= 4 is 11.6 Å². The van der Waals surface area contributed by atoms with Crippen LogP contribution in [-0.4, -0.2) is 5.11 Å². The van der Waals surface area contributed by atoms with Crippen LogP contribution < -0.4 is 5.73 Å². The lowest BCUT2D eigenvalue weighted by Crippen LogP contribution is -2.12. The molecule has 1 aliphatic rings. The van der Waals surface area contributed by atoms with Gasteiger partial charge in [-0.2, -0.15) is 0 Å². The minimum Gasteiger partial charge on any atom is -0.506 e. The standard InChI is InChI=1S/C10H11ClFNO/c11-8-4-6(12)3-7(10(8)14)9(13)5-1-2-5/h3-5,9,14H,1-2,13H2/t9-/m0/s1. The fourth-order valence-electron chi connectivity index (χ4n) is 1.55. The van der Waals surface area contributed by atoms with Gasteiger partial charge in [0.1, 0.15) is 11.6 Å². The molecule has 0 saturated heterocycles. The summed E-state index contributed by atoms with van der Waals surface area (Å²) in [5.74, 6) is -0.190. The van der Waals surface area contributed by atoms with E-state index >= 15 is 0 Å². The number of phenolic OH excluding ortho intramolecular Hbond substituents is 1. The summed E-state index contributed by atoms with van der Waals surface area (Å²) >= 11 is 5.64. The van der Waals surface area contributed by atoms with Gasteiger partial charge in [0.25, 0.3) is 0 Å². The first-order valence-corrected chi connectivity index (χ1v) is 4.91. The van der Waals surface area contributed by atoms with Gasteiger partial charge in [-0.05, 0) is 30.9 Å². The first-order valence-electron chi connectivity index (χ1n) is 4.53. The molecule has 1 aromatic rings. The SMILES string of the molecule is N[C@H](c1cc(F)cc(Cl)c1O)C1CC1. The second-order valence-corrected chi connectivity index (χ2v) is 4.10. The first-order chi connectivity index (χ1) is 6.59. The number of benzene rings is 1. The van der Waals surface area contributed by atoms with Crippen molar-refractivity contribution in [2.24, 2.45) is 11.7 Å². The molecule has 1 fully saturated rings. The fourth-order valence-corrected chi connectivity index (χ4v) is 1.76. The summed E-state index contributed by atoms with van der Waals surface area (Å²) in [6.45, 7) is 0. The van der Waals surface area contributed by atoms with Crippen LogP contribution in [-0.2, 0) is 0 Å². The second-order valence-electron chi connectivity index (χ2n) is 3.69. The lowest BCUT2D eigenvalue weighted by atomic mass is 10.0. The summed E-state index contributed by atoms with van der Waals surface area (Å²) < 4.78 is 13.0. The molecule has 0 heterocycles. The average molecular weight is 216 g/mol. The Hall–Kier alpha value is -0.800. The number of nitrogens with two attached hydrogens (primary N) is 1. The number of hydrogen-bond donors (Lipinski definition) is 2. The van der Waals surface area contributed by atoms with Crippen LogP contribution in [0.2, 0.25) is 5.02 Å². The van der Waals surface area contributed by atoms with Crippen molar-refractivity contribution in [2.45, 2.75) is 18.9 Å². The fraction of sp³-hybridized carbons (Fsp3) is 0.400. The molecule has 4 heteroatoms. The summed E-state index contributed by atoms with van der Waals surface area (Å²) in [6, 6.07) is 2.03. The third kappa shape index (κ3) is 1.70. The van der Waals surface area contributed by atoms with Gasteiger partial charge in [0.15, 0.2) is 0 Å². The van der Waals surface area contributed by atoms with E-state index in [1.54, 1.807) is 0 Å². The van der Waals surface area contributed by atoms with E-state index in [1.807, 2.05) is 0 Å². The molecular formula is C10H11ClFNO. The number of aromatic hydroxyl groups is 1. The molecule has 1 saturated carbocycles. The van der Waals surface area contributed by atoms with Gasteiger partial charge in [-0.15, -0.1) is 0 Å². The van der Waals surface area contributed by atoms with E-state index in [4.69, 9.17) is 17.3 Å². The average Bonchev–Trinajstić information content (AvgIpc) is 2.93. The molecule has 0 radical (unpaired) electrons. The van der Waals surface area contributed by atoms with Gasteiger partial charge < -0.3 is 10.8 Å². The van der Waals surface area contributed by atoms with Gasteiger partial charge in [-0.1, -0.05) is 11.6 Å². The Morgan fingerprint density at radius 1 is 1.50 bits per heavy atom. The van der Waals surface area contributed by atoms with Gasteiger partial charge in [0.2, 0.25) is 0 Å². The van der Waals surface area contributed by atoms with E-state index in [0.29, 0.717) is 11.5 Å². The lowest BCUT2D eigenvalue weighted by molar-refractivity contribution is 0.453. The molecule has 1 aromatic carbocycles. The van der Waals surface area contributed by atoms with E-state index < -0.39 is 5.82 Å². The number of phenols is 1. The Morgan fingerprint density at radius 3 is 2.71 bits per heavy atom. The van der Waals surface area contributed by atoms with Crippen LogP contribution in [0.4, 0.5) is 4.39 Å². The van der Waals surface area contributed by atoms with Crippen molar-refractivity contribution < 1.29 is 9.50 Å². The van der Waals surface area contributed by atoms with E-state index in [-0.39, 0.29) is 16.8 Å². The maximum absolute atomic E-state index is 13.0. The minimum absolute atomic E-state index is 0.0242. The lowest BCUT2D eigenvalue weighted by Gasteiger charge is -2.13. The summed E-state index contributed by atoms with van der Waals surface area (Å²) in [5, 5.41) is 9.61. The maximum atomic E-state index is 13.0. The smallest absolute Gasteiger partial charge is 0.139 e. The van der Waals surface area contributed by atoms with E-state index in [0.717, 1.165) is 18.9 Å². The maximum Gasteiger partial charge on any atom is 0.139 e. The van der Waals surface area contributed by atoms with E-state index in [1.165, 1.54) is 6.07 Å². The van der Waals surface area contributed by atoms with Gasteiger partial charge in [0, 0.05) is 11.6 Å². The molecule has 2 rings (SSSR count). The Morgan fingerprint density at radius 2 is 2.14 bits per heavy atom. The van der Waals surface area contributed by atoms with Gasteiger partial charge in [0.05, 0.1) is 5.02 Å². The van der Waals surface area contributed by atoms with Crippen LogP contribution in [0.25, 0.3) is 0 Å². The summed E-state index contributed by atoms with van der Waals surface area (Å²) in [6.07, 6.45) is 2.07. The zero-order valence-electron chi connectivity index (χ0n) is 7.50. The molecule has 14 heavy (non-hydrogen) atoms. The second kappa shape index (κ2) is 3.41. The molecule has 1 aliphatic carbocycles. The normalized spacial score (nSPS) is 18.2. The van der Waals surface area contributed by atoms with Gasteiger partial charge >= 0.3 is 0 Å². The van der Waals surface area contributed by atoms with Crippen molar-refractivity contribution in [3.05, 3.63) is 28.5 Å². The molecule has 3 N–H and O–H groups in total. The predicted molar refractivity (Wildman–Crippen MR) is 52.7 cm³/mol. The first kappa shape index (κ1) is 9.74. The van der Waals surface area contributed by atoms with E-state index in [9.17, 15) is 9.50 Å². The highest BCUT2D eigenvalue weighted by Crippen LogP contribution is 2.43. The Labute approximate surface area is 86.5 Å². The molecular weight excluding hydrogens is 205 g/mol. The zero-order valence-corrected chi connectivity index (χ0v) is 8.26. The molecule has 1 atom stereocenters. The summed E-state index contributed by atoms with van der Waals surface area (Å²) in [5.41, 5.74) is 6.27. The topological polar surface area (TPSA) is 46.2 Å². The third-order valence-electron chi connectivity index (χ3n) is 2.55. The van der Waals surface area contributed by atoms with Crippen molar-refractivity contribution in [1.29, 1.82) is 0 Å². The van der Waals surface area contributed by atoms with Crippen molar-refractivity contribution in [3.63, 3.8) is 0 Å². The zero-order chi connectivity index (χ0) is 10.3. The molecule has 76 valence electrons. The summed E-state index contributed by atoms with van der Waals surface area (Å²) in [4.78, 5) is 0. The number of hydrogen-bond acceptors (Lipinski definition) is 2.